The first kappa shape index (κ1) is 10.9. The van der Waals surface area contributed by atoms with E-state index in [1.807, 2.05) is 18.2 Å². The van der Waals surface area contributed by atoms with Gasteiger partial charge in [0.2, 0.25) is 0 Å². The third-order valence-electron chi connectivity index (χ3n) is 3.04. The summed E-state index contributed by atoms with van der Waals surface area (Å²) in [6, 6.07) is 8.36. The second-order valence-corrected chi connectivity index (χ2v) is 4.90. The fourth-order valence-corrected chi connectivity index (χ4v) is 2.33. The molecule has 82 valence electrons. The molecule has 2 N–H and O–H groups in total. The molecule has 2 rings (SSSR count). The highest BCUT2D eigenvalue weighted by molar-refractivity contribution is 6.30. The van der Waals surface area contributed by atoms with Crippen LogP contribution in [0.3, 0.4) is 0 Å². The fraction of sp³-hybridized carbons (Fsp3) is 0.500. The van der Waals surface area contributed by atoms with E-state index in [1.165, 1.54) is 5.56 Å². The predicted octanol–water partition coefficient (Wildman–Crippen LogP) is 2.12. The highest BCUT2D eigenvalue weighted by Gasteiger charge is 2.26. The van der Waals surface area contributed by atoms with E-state index in [9.17, 15) is 0 Å². The van der Waals surface area contributed by atoms with Gasteiger partial charge in [0.1, 0.15) is 0 Å². The molecule has 0 bridgehead atoms. The molecule has 0 radical (unpaired) electrons. The van der Waals surface area contributed by atoms with Crippen LogP contribution in [0, 0.1) is 5.92 Å². The molecule has 0 aromatic heterocycles. The Morgan fingerprint density at radius 3 is 2.87 bits per heavy atom. The molecule has 1 aromatic carbocycles. The van der Waals surface area contributed by atoms with Crippen molar-refractivity contribution in [3.05, 3.63) is 34.9 Å². The minimum absolute atomic E-state index is 0.323. The molecule has 15 heavy (non-hydrogen) atoms. The lowest BCUT2D eigenvalue weighted by molar-refractivity contribution is 0.319. The molecular formula is C12H17ClN2. The number of nitrogens with zero attached hydrogens (tertiary/aromatic N) is 1. The fourth-order valence-electron chi connectivity index (χ4n) is 2.12. The number of likely N-dealkylation sites (tertiary alicyclic amines) is 1. The van der Waals surface area contributed by atoms with E-state index in [0.29, 0.717) is 12.0 Å². The molecule has 2 unspecified atom stereocenters. The molecule has 2 atom stereocenters. The van der Waals surface area contributed by atoms with Gasteiger partial charge in [-0.05, 0) is 23.6 Å². The summed E-state index contributed by atoms with van der Waals surface area (Å²) in [6.07, 6.45) is 0. The van der Waals surface area contributed by atoms with Gasteiger partial charge in [-0.3, -0.25) is 4.90 Å². The molecular weight excluding hydrogens is 208 g/mol. The van der Waals surface area contributed by atoms with Crippen molar-refractivity contribution in [3.8, 4) is 0 Å². The third-order valence-corrected chi connectivity index (χ3v) is 3.28. The van der Waals surface area contributed by atoms with Crippen molar-refractivity contribution in [2.75, 3.05) is 13.1 Å². The molecule has 1 saturated heterocycles. The lowest BCUT2D eigenvalue weighted by Crippen LogP contribution is -2.28. The predicted molar refractivity (Wildman–Crippen MR) is 63.9 cm³/mol. The van der Waals surface area contributed by atoms with Crippen LogP contribution in [-0.4, -0.2) is 24.0 Å². The molecule has 0 aliphatic carbocycles. The molecule has 2 nitrogen and oxygen atoms in total. The van der Waals surface area contributed by atoms with Gasteiger partial charge in [-0.2, -0.15) is 0 Å². The summed E-state index contributed by atoms with van der Waals surface area (Å²) in [5, 5.41) is 0.809. The van der Waals surface area contributed by atoms with Crippen LogP contribution in [0.25, 0.3) is 0 Å². The first-order valence-corrected chi connectivity index (χ1v) is 5.75. The molecule has 1 aromatic rings. The maximum atomic E-state index is 5.98. The second-order valence-electron chi connectivity index (χ2n) is 4.47. The third kappa shape index (κ3) is 2.71. The highest BCUT2D eigenvalue weighted by atomic mass is 35.5. The molecule has 0 amide bonds. The lowest BCUT2D eigenvalue weighted by Gasteiger charge is -2.15. The minimum Gasteiger partial charge on any atom is -0.326 e. The summed E-state index contributed by atoms with van der Waals surface area (Å²) >= 11 is 5.94. The van der Waals surface area contributed by atoms with E-state index in [0.717, 1.165) is 24.7 Å². The van der Waals surface area contributed by atoms with Crippen LogP contribution in [0.5, 0.6) is 0 Å². The summed E-state index contributed by atoms with van der Waals surface area (Å²) in [4.78, 5) is 2.39. The van der Waals surface area contributed by atoms with Crippen LogP contribution >= 0.6 is 11.6 Å². The van der Waals surface area contributed by atoms with Crippen LogP contribution < -0.4 is 5.73 Å². The van der Waals surface area contributed by atoms with Crippen molar-refractivity contribution < 1.29 is 0 Å². The number of rotatable bonds is 2. The van der Waals surface area contributed by atoms with Crippen molar-refractivity contribution in [3.63, 3.8) is 0 Å². The zero-order valence-electron chi connectivity index (χ0n) is 8.99. The first-order valence-electron chi connectivity index (χ1n) is 5.37. The van der Waals surface area contributed by atoms with Crippen molar-refractivity contribution >= 4 is 11.6 Å². The molecule has 1 heterocycles. The maximum absolute atomic E-state index is 5.98. The number of hydrogen-bond acceptors (Lipinski definition) is 2. The summed E-state index contributed by atoms with van der Waals surface area (Å²) < 4.78 is 0. The van der Waals surface area contributed by atoms with Gasteiger partial charge in [0.05, 0.1) is 0 Å². The summed E-state index contributed by atoms with van der Waals surface area (Å²) in [7, 11) is 0. The second kappa shape index (κ2) is 4.52. The normalized spacial score (nSPS) is 27.1. The van der Waals surface area contributed by atoms with Crippen molar-refractivity contribution in [1.29, 1.82) is 0 Å². The quantitative estimate of drug-likeness (QED) is 0.834. The molecule has 1 aliphatic heterocycles. The Labute approximate surface area is 96.0 Å². The summed E-state index contributed by atoms with van der Waals surface area (Å²) in [6.45, 7) is 5.25. The SMILES string of the molecule is CC1CN(Cc2cccc(Cl)c2)CC1N. The van der Waals surface area contributed by atoms with E-state index >= 15 is 0 Å². The van der Waals surface area contributed by atoms with Gasteiger partial charge in [0.15, 0.2) is 0 Å². The Balaban J connectivity index is 1.98. The van der Waals surface area contributed by atoms with Crippen molar-refractivity contribution in [2.45, 2.75) is 19.5 Å². The molecule has 0 spiro atoms. The van der Waals surface area contributed by atoms with Gasteiger partial charge in [0, 0.05) is 30.7 Å². The number of nitrogens with two attached hydrogens (primary N) is 1. The average molecular weight is 225 g/mol. The number of hydrogen-bond donors (Lipinski definition) is 1. The van der Waals surface area contributed by atoms with Gasteiger partial charge in [0.25, 0.3) is 0 Å². The van der Waals surface area contributed by atoms with Gasteiger partial charge < -0.3 is 5.73 Å². The zero-order chi connectivity index (χ0) is 10.8. The monoisotopic (exact) mass is 224 g/mol. The Morgan fingerprint density at radius 2 is 2.27 bits per heavy atom. The number of halogens is 1. The van der Waals surface area contributed by atoms with E-state index in [1.54, 1.807) is 0 Å². The molecule has 1 fully saturated rings. The summed E-state index contributed by atoms with van der Waals surface area (Å²) in [5.74, 6) is 0.601. The van der Waals surface area contributed by atoms with E-state index in [4.69, 9.17) is 17.3 Å². The molecule has 1 aliphatic rings. The smallest absolute Gasteiger partial charge is 0.0409 e. The Hall–Kier alpha value is -0.570. The van der Waals surface area contributed by atoms with E-state index < -0.39 is 0 Å². The standard InChI is InChI=1S/C12H17ClN2/c1-9-6-15(8-12(9)14)7-10-3-2-4-11(13)5-10/h2-5,9,12H,6-8,14H2,1H3. The van der Waals surface area contributed by atoms with Crippen molar-refractivity contribution in [2.24, 2.45) is 11.7 Å². The van der Waals surface area contributed by atoms with Crippen LogP contribution in [0.15, 0.2) is 24.3 Å². The van der Waals surface area contributed by atoms with Crippen molar-refractivity contribution in [1.82, 2.24) is 4.90 Å². The van der Waals surface area contributed by atoms with Crippen LogP contribution in [-0.2, 0) is 6.54 Å². The van der Waals surface area contributed by atoms with Gasteiger partial charge in [-0.15, -0.1) is 0 Å². The molecule has 0 saturated carbocycles. The average Bonchev–Trinajstić information content (AvgIpc) is 2.45. The topological polar surface area (TPSA) is 29.3 Å². The summed E-state index contributed by atoms with van der Waals surface area (Å²) in [5.41, 5.74) is 7.25. The zero-order valence-corrected chi connectivity index (χ0v) is 9.74. The Bertz CT molecular complexity index is 330. The van der Waals surface area contributed by atoms with Crippen LogP contribution in [0.2, 0.25) is 5.02 Å². The van der Waals surface area contributed by atoms with Gasteiger partial charge in [-0.1, -0.05) is 30.7 Å². The minimum atomic E-state index is 0.323. The largest absolute Gasteiger partial charge is 0.326 e. The van der Waals surface area contributed by atoms with Gasteiger partial charge in [-0.25, -0.2) is 0 Å². The number of benzene rings is 1. The lowest BCUT2D eigenvalue weighted by atomic mass is 10.1. The van der Waals surface area contributed by atoms with Gasteiger partial charge >= 0.3 is 0 Å². The highest BCUT2D eigenvalue weighted by Crippen LogP contribution is 2.18. The van der Waals surface area contributed by atoms with Crippen LogP contribution in [0.1, 0.15) is 12.5 Å². The molecule has 3 heteroatoms. The maximum Gasteiger partial charge on any atom is 0.0409 e. The van der Waals surface area contributed by atoms with Crippen LogP contribution in [0.4, 0.5) is 0 Å². The Kier molecular flexibility index (Phi) is 3.29. The Morgan fingerprint density at radius 1 is 1.47 bits per heavy atom. The van der Waals surface area contributed by atoms with E-state index in [-0.39, 0.29) is 0 Å². The van der Waals surface area contributed by atoms with E-state index in [2.05, 4.69) is 17.9 Å². The first-order chi connectivity index (χ1) is 7.15.